The Morgan fingerprint density at radius 1 is 1.06 bits per heavy atom. The van der Waals surface area contributed by atoms with Gasteiger partial charge in [-0.2, -0.15) is 0 Å². The first-order valence-electron chi connectivity index (χ1n) is 12.4. The number of aryl methyl sites for hydroxylation is 2. The molecule has 2 aromatic carbocycles. The average Bonchev–Trinajstić information content (AvgIpc) is 3.44. The third kappa shape index (κ3) is 3.94. The highest BCUT2D eigenvalue weighted by atomic mass is 32.1. The number of aromatic nitrogens is 1. The predicted octanol–water partition coefficient (Wildman–Crippen LogP) is 6.81. The Kier molecular flexibility index (Phi) is 5.83. The maximum atomic E-state index is 11.3. The van der Waals surface area contributed by atoms with Crippen LogP contribution in [0, 0.1) is 25.7 Å². The van der Waals surface area contributed by atoms with Gasteiger partial charge in [0.05, 0.1) is 27.6 Å². The van der Waals surface area contributed by atoms with E-state index in [4.69, 9.17) is 0 Å². The highest BCUT2D eigenvalue weighted by Gasteiger charge is 2.41. The van der Waals surface area contributed by atoms with E-state index < -0.39 is 17.2 Å². The SMILES string of the molecule is Cc1cc(-c2cccc3c(C)c[nH]c23)c(C#Cc2sccc2C(C)(C)O)c2c1NC(C)(C)C(O)[C@H]2C. The number of aliphatic hydroxyl groups is 2. The monoisotopic (exact) mass is 498 g/mol. The van der Waals surface area contributed by atoms with Crippen LogP contribution < -0.4 is 5.32 Å². The van der Waals surface area contributed by atoms with E-state index in [1.807, 2.05) is 31.5 Å². The predicted molar refractivity (Wildman–Crippen MR) is 151 cm³/mol. The molecule has 1 aliphatic heterocycles. The number of benzene rings is 2. The largest absolute Gasteiger partial charge is 0.390 e. The topological polar surface area (TPSA) is 68.3 Å². The lowest BCUT2D eigenvalue weighted by molar-refractivity contribution is 0.0788. The number of nitrogens with one attached hydrogen (secondary N) is 2. The summed E-state index contributed by atoms with van der Waals surface area (Å²) in [4.78, 5) is 4.32. The van der Waals surface area contributed by atoms with Crippen molar-refractivity contribution in [3.05, 3.63) is 74.6 Å². The molecule has 2 aromatic heterocycles. The summed E-state index contributed by atoms with van der Waals surface area (Å²) in [5.41, 5.74) is 7.98. The number of hydrogen-bond acceptors (Lipinski definition) is 4. The van der Waals surface area contributed by atoms with E-state index in [2.05, 4.69) is 67.2 Å². The van der Waals surface area contributed by atoms with Crippen LogP contribution in [-0.2, 0) is 5.60 Å². The summed E-state index contributed by atoms with van der Waals surface area (Å²) in [5, 5.41) is 28.7. The molecule has 186 valence electrons. The van der Waals surface area contributed by atoms with Crippen molar-refractivity contribution in [3.8, 4) is 23.0 Å². The fraction of sp³-hybridized carbons (Fsp3) is 0.355. The molecule has 0 amide bonds. The molecule has 5 heteroatoms. The molecular formula is C31H34N2O2S. The number of anilines is 1. The number of fused-ring (bicyclic) bond motifs is 2. The molecule has 0 spiro atoms. The van der Waals surface area contributed by atoms with E-state index in [0.717, 1.165) is 49.5 Å². The molecule has 0 radical (unpaired) electrons. The van der Waals surface area contributed by atoms with Crippen LogP contribution in [0.2, 0.25) is 0 Å². The molecule has 36 heavy (non-hydrogen) atoms. The van der Waals surface area contributed by atoms with Crippen LogP contribution in [0.25, 0.3) is 22.0 Å². The van der Waals surface area contributed by atoms with Gasteiger partial charge in [0, 0.05) is 45.4 Å². The van der Waals surface area contributed by atoms with E-state index >= 15 is 0 Å². The summed E-state index contributed by atoms with van der Waals surface area (Å²) >= 11 is 1.54. The summed E-state index contributed by atoms with van der Waals surface area (Å²) in [7, 11) is 0. The van der Waals surface area contributed by atoms with Crippen molar-refractivity contribution in [2.24, 2.45) is 0 Å². The van der Waals surface area contributed by atoms with Crippen LogP contribution in [0.3, 0.4) is 0 Å². The molecule has 4 nitrogen and oxygen atoms in total. The van der Waals surface area contributed by atoms with E-state index in [1.54, 1.807) is 25.2 Å². The lowest BCUT2D eigenvalue weighted by Gasteiger charge is -2.43. The van der Waals surface area contributed by atoms with Gasteiger partial charge in [0.25, 0.3) is 0 Å². The number of hydrogen-bond donors (Lipinski definition) is 4. The Morgan fingerprint density at radius 3 is 2.53 bits per heavy atom. The lowest BCUT2D eigenvalue weighted by atomic mass is 9.75. The van der Waals surface area contributed by atoms with E-state index in [1.165, 1.54) is 10.9 Å². The van der Waals surface area contributed by atoms with Gasteiger partial charge in [0.2, 0.25) is 0 Å². The van der Waals surface area contributed by atoms with Crippen LogP contribution in [0.5, 0.6) is 0 Å². The summed E-state index contributed by atoms with van der Waals surface area (Å²) < 4.78 is 0. The second kappa shape index (κ2) is 8.52. The summed E-state index contributed by atoms with van der Waals surface area (Å²) in [6.45, 7) is 14.0. The Morgan fingerprint density at radius 2 is 1.81 bits per heavy atom. The molecule has 0 bridgehead atoms. The van der Waals surface area contributed by atoms with Gasteiger partial charge >= 0.3 is 0 Å². The van der Waals surface area contributed by atoms with Crippen molar-refractivity contribution in [1.29, 1.82) is 0 Å². The van der Waals surface area contributed by atoms with Gasteiger partial charge in [0.1, 0.15) is 0 Å². The van der Waals surface area contributed by atoms with Crippen LogP contribution in [0.1, 0.15) is 73.2 Å². The van der Waals surface area contributed by atoms with Crippen molar-refractivity contribution in [1.82, 2.24) is 4.98 Å². The number of para-hydroxylation sites is 1. The first-order valence-corrected chi connectivity index (χ1v) is 13.3. The molecule has 4 aromatic rings. The van der Waals surface area contributed by atoms with Crippen molar-refractivity contribution >= 4 is 27.9 Å². The molecule has 0 fully saturated rings. The molecular weight excluding hydrogens is 464 g/mol. The Bertz CT molecular complexity index is 1540. The molecule has 1 unspecified atom stereocenters. The molecule has 2 atom stereocenters. The molecule has 4 N–H and O–H groups in total. The zero-order chi connectivity index (χ0) is 26.0. The number of thiophene rings is 1. The zero-order valence-electron chi connectivity index (χ0n) is 22.0. The van der Waals surface area contributed by atoms with Crippen LogP contribution >= 0.6 is 11.3 Å². The first kappa shape index (κ1) is 24.6. The lowest BCUT2D eigenvalue weighted by Crippen LogP contribution is -2.50. The summed E-state index contributed by atoms with van der Waals surface area (Å²) in [6.07, 6.45) is 1.47. The number of aliphatic hydroxyl groups excluding tert-OH is 1. The molecule has 1 aliphatic rings. The van der Waals surface area contributed by atoms with Gasteiger partial charge in [-0.15, -0.1) is 11.3 Å². The Labute approximate surface area is 217 Å². The second-order valence-electron chi connectivity index (χ2n) is 11.2. The van der Waals surface area contributed by atoms with Gasteiger partial charge in [-0.25, -0.2) is 0 Å². The molecule has 3 heterocycles. The molecule has 0 saturated heterocycles. The van der Waals surface area contributed by atoms with Gasteiger partial charge in [-0.05, 0) is 75.7 Å². The maximum Gasteiger partial charge on any atom is 0.0860 e. The van der Waals surface area contributed by atoms with Gasteiger partial charge < -0.3 is 20.5 Å². The van der Waals surface area contributed by atoms with Gasteiger partial charge in [-0.1, -0.05) is 37.0 Å². The van der Waals surface area contributed by atoms with E-state index in [-0.39, 0.29) is 5.92 Å². The minimum absolute atomic E-state index is 0.110. The van der Waals surface area contributed by atoms with Gasteiger partial charge in [-0.3, -0.25) is 0 Å². The Hall–Kier alpha value is -3.04. The number of rotatable bonds is 2. The fourth-order valence-electron chi connectivity index (χ4n) is 5.52. The van der Waals surface area contributed by atoms with E-state index in [0.29, 0.717) is 0 Å². The maximum absolute atomic E-state index is 11.3. The first-order chi connectivity index (χ1) is 16.9. The normalized spacial score (nSPS) is 18.9. The fourth-order valence-corrected chi connectivity index (χ4v) is 6.41. The quantitative estimate of drug-likeness (QED) is 0.230. The smallest absolute Gasteiger partial charge is 0.0860 e. The Balaban J connectivity index is 1.83. The van der Waals surface area contributed by atoms with Crippen LogP contribution in [0.4, 0.5) is 5.69 Å². The van der Waals surface area contributed by atoms with Crippen molar-refractivity contribution in [3.63, 3.8) is 0 Å². The third-order valence-electron chi connectivity index (χ3n) is 7.52. The molecule has 5 rings (SSSR count). The van der Waals surface area contributed by atoms with Crippen molar-refractivity contribution in [2.45, 2.75) is 71.6 Å². The molecule has 0 aliphatic carbocycles. The minimum Gasteiger partial charge on any atom is -0.390 e. The minimum atomic E-state index is -0.970. The summed E-state index contributed by atoms with van der Waals surface area (Å²) in [6, 6.07) is 10.5. The second-order valence-corrected chi connectivity index (χ2v) is 12.1. The van der Waals surface area contributed by atoms with Crippen LogP contribution in [0.15, 0.2) is 41.9 Å². The third-order valence-corrected chi connectivity index (χ3v) is 8.35. The zero-order valence-corrected chi connectivity index (χ0v) is 22.8. The van der Waals surface area contributed by atoms with Crippen molar-refractivity contribution in [2.75, 3.05) is 5.32 Å². The average molecular weight is 499 g/mol. The highest BCUT2D eigenvalue weighted by molar-refractivity contribution is 7.10. The summed E-state index contributed by atoms with van der Waals surface area (Å²) in [5.74, 6) is 6.80. The number of H-pyrrole nitrogens is 1. The number of aromatic amines is 1. The van der Waals surface area contributed by atoms with Crippen molar-refractivity contribution < 1.29 is 10.2 Å². The highest BCUT2D eigenvalue weighted by Crippen LogP contribution is 2.46. The standard InChI is InChI=1S/C31H34N2O2S/c1-17-15-23(22-10-8-9-20-18(2)16-32-28(20)22)21(11-12-25-24(13-14-36-25)31(6,7)35)26-19(3)29(34)30(4,5)33-27(17)26/h8-10,13-16,19,29,32-35H,1-7H3/t19-,29?/m0/s1. The molecule has 0 saturated carbocycles. The van der Waals surface area contributed by atoms with Crippen LogP contribution in [-0.4, -0.2) is 26.8 Å². The van der Waals surface area contributed by atoms with Gasteiger partial charge in [0.15, 0.2) is 0 Å². The van der Waals surface area contributed by atoms with E-state index in [9.17, 15) is 10.2 Å².